The number of amides is 1. The number of allylic oxidation sites excluding steroid dienone is 3. The molecular formula is C29H23ClFN3O4. The van der Waals surface area contributed by atoms with E-state index in [2.05, 4.69) is 10.6 Å². The minimum Gasteiger partial charge on any atom is -0.362 e. The second-order valence-corrected chi connectivity index (χ2v) is 9.76. The molecule has 3 aromatic carbocycles. The van der Waals surface area contributed by atoms with Crippen molar-refractivity contribution in [2.75, 3.05) is 5.32 Å². The van der Waals surface area contributed by atoms with Crippen LogP contribution < -0.4 is 10.6 Å². The summed E-state index contributed by atoms with van der Waals surface area (Å²) in [6, 6.07) is 19.1. The number of non-ortho nitro benzene ring substituents is 1. The van der Waals surface area contributed by atoms with Gasteiger partial charge in [0.15, 0.2) is 5.78 Å². The van der Waals surface area contributed by atoms with E-state index < -0.39 is 22.6 Å². The van der Waals surface area contributed by atoms with Crippen LogP contribution in [0.5, 0.6) is 0 Å². The van der Waals surface area contributed by atoms with Gasteiger partial charge >= 0.3 is 0 Å². The van der Waals surface area contributed by atoms with E-state index >= 15 is 0 Å². The van der Waals surface area contributed by atoms with E-state index in [9.17, 15) is 24.1 Å². The Bertz CT molecular complexity index is 1530. The van der Waals surface area contributed by atoms with E-state index in [1.165, 1.54) is 36.4 Å². The number of rotatable bonds is 5. The van der Waals surface area contributed by atoms with Gasteiger partial charge in [0, 0.05) is 57.7 Å². The number of ketones is 1. The van der Waals surface area contributed by atoms with Gasteiger partial charge in [-0.1, -0.05) is 48.0 Å². The van der Waals surface area contributed by atoms with Crippen molar-refractivity contribution in [3.8, 4) is 0 Å². The number of benzene rings is 3. The van der Waals surface area contributed by atoms with E-state index in [1.54, 1.807) is 13.0 Å². The first-order chi connectivity index (χ1) is 18.2. The highest BCUT2D eigenvalue weighted by atomic mass is 35.5. The van der Waals surface area contributed by atoms with Crippen molar-refractivity contribution in [2.24, 2.45) is 0 Å². The SMILES string of the molecule is CC1=C(C(=O)Nc2cccc(F)c2)C(c2cc([N+](=O)[O-])ccc2Cl)C2=C(CC(c3ccccc3)CC2=O)N1. The van der Waals surface area contributed by atoms with E-state index in [1.807, 2.05) is 30.3 Å². The second kappa shape index (κ2) is 10.2. The molecule has 0 fully saturated rings. The highest BCUT2D eigenvalue weighted by Gasteiger charge is 2.42. The molecule has 1 aliphatic heterocycles. The van der Waals surface area contributed by atoms with Gasteiger partial charge in [-0.15, -0.1) is 0 Å². The number of nitrogens with zero attached hydrogens (tertiary/aromatic N) is 1. The third kappa shape index (κ3) is 4.82. The van der Waals surface area contributed by atoms with Crippen LogP contribution >= 0.6 is 11.6 Å². The molecule has 7 nitrogen and oxygen atoms in total. The largest absolute Gasteiger partial charge is 0.362 e. The topological polar surface area (TPSA) is 101 Å². The Morgan fingerprint density at radius 3 is 2.55 bits per heavy atom. The molecule has 2 aliphatic rings. The molecule has 0 spiro atoms. The Morgan fingerprint density at radius 2 is 1.84 bits per heavy atom. The van der Waals surface area contributed by atoms with Crippen LogP contribution in [0, 0.1) is 15.9 Å². The summed E-state index contributed by atoms with van der Waals surface area (Å²) in [4.78, 5) is 38.4. The number of Topliss-reactive ketones (excluding diaryl/α,β-unsaturated/α-hetero) is 1. The molecule has 0 aromatic heterocycles. The zero-order chi connectivity index (χ0) is 27.0. The minimum absolute atomic E-state index is 0.0633. The Kier molecular flexibility index (Phi) is 6.82. The predicted molar refractivity (Wildman–Crippen MR) is 142 cm³/mol. The highest BCUT2D eigenvalue weighted by molar-refractivity contribution is 6.31. The number of nitro benzene ring substituents is 1. The summed E-state index contributed by atoms with van der Waals surface area (Å²) >= 11 is 6.56. The average molecular weight is 532 g/mol. The molecule has 192 valence electrons. The molecule has 2 N–H and O–H groups in total. The van der Waals surface area contributed by atoms with Gasteiger partial charge in [0.05, 0.1) is 4.92 Å². The van der Waals surface area contributed by atoms with E-state index in [0.717, 1.165) is 5.56 Å². The van der Waals surface area contributed by atoms with Gasteiger partial charge in [0.25, 0.3) is 11.6 Å². The molecule has 0 bridgehead atoms. The summed E-state index contributed by atoms with van der Waals surface area (Å²) in [6.45, 7) is 1.71. The van der Waals surface area contributed by atoms with Crippen LogP contribution in [-0.4, -0.2) is 16.6 Å². The van der Waals surface area contributed by atoms with Crippen molar-refractivity contribution in [1.82, 2.24) is 5.32 Å². The molecule has 2 atom stereocenters. The molecule has 5 rings (SSSR count). The molecule has 0 saturated carbocycles. The van der Waals surface area contributed by atoms with Crippen LogP contribution in [0.2, 0.25) is 5.02 Å². The van der Waals surface area contributed by atoms with E-state index in [4.69, 9.17) is 11.6 Å². The molecule has 3 aromatic rings. The molecule has 9 heteroatoms. The average Bonchev–Trinajstić information content (AvgIpc) is 2.88. The molecule has 2 unspecified atom stereocenters. The molecule has 1 aliphatic carbocycles. The van der Waals surface area contributed by atoms with Crippen LogP contribution in [0.25, 0.3) is 0 Å². The fourth-order valence-electron chi connectivity index (χ4n) is 5.24. The Hall–Kier alpha value is -4.30. The Labute approximate surface area is 223 Å². The van der Waals surface area contributed by atoms with Gasteiger partial charge in [0.1, 0.15) is 5.82 Å². The molecule has 0 radical (unpaired) electrons. The quantitative estimate of drug-likeness (QED) is 0.293. The fourth-order valence-corrected chi connectivity index (χ4v) is 5.47. The molecule has 38 heavy (non-hydrogen) atoms. The zero-order valence-electron chi connectivity index (χ0n) is 20.3. The van der Waals surface area contributed by atoms with Crippen molar-refractivity contribution in [3.63, 3.8) is 0 Å². The predicted octanol–water partition coefficient (Wildman–Crippen LogP) is 6.39. The summed E-state index contributed by atoms with van der Waals surface area (Å²) in [5.41, 5.74) is 3.00. The van der Waals surface area contributed by atoms with Gasteiger partial charge in [-0.3, -0.25) is 19.7 Å². The lowest BCUT2D eigenvalue weighted by Gasteiger charge is -2.37. The number of carbonyl (C=O) groups is 2. The van der Waals surface area contributed by atoms with Gasteiger partial charge in [-0.25, -0.2) is 4.39 Å². The Balaban J connectivity index is 1.63. The van der Waals surface area contributed by atoms with Crippen LogP contribution in [0.1, 0.15) is 42.7 Å². The van der Waals surface area contributed by atoms with E-state index in [0.29, 0.717) is 23.4 Å². The number of dihydropyridines is 1. The number of hydrogen-bond donors (Lipinski definition) is 2. The number of anilines is 1. The molecule has 1 heterocycles. The number of nitrogens with one attached hydrogen (secondary N) is 2. The monoisotopic (exact) mass is 531 g/mol. The summed E-state index contributed by atoms with van der Waals surface area (Å²) < 4.78 is 13.8. The van der Waals surface area contributed by atoms with Crippen LogP contribution in [-0.2, 0) is 9.59 Å². The fraction of sp³-hybridized carbons (Fsp3) is 0.172. The van der Waals surface area contributed by atoms with Crippen molar-refractivity contribution in [1.29, 1.82) is 0 Å². The summed E-state index contributed by atoms with van der Waals surface area (Å²) in [5.74, 6) is -2.28. The van der Waals surface area contributed by atoms with Gasteiger partial charge in [-0.05, 0) is 54.7 Å². The normalized spacial score (nSPS) is 19.1. The number of nitro groups is 1. The number of hydrogen-bond acceptors (Lipinski definition) is 5. The smallest absolute Gasteiger partial charge is 0.269 e. The molecule has 1 amide bonds. The zero-order valence-corrected chi connectivity index (χ0v) is 21.1. The summed E-state index contributed by atoms with van der Waals surface area (Å²) in [6.07, 6.45) is 0.732. The van der Waals surface area contributed by atoms with E-state index in [-0.39, 0.29) is 45.7 Å². The lowest BCUT2D eigenvalue weighted by molar-refractivity contribution is -0.384. The lowest BCUT2D eigenvalue weighted by Crippen LogP contribution is -2.37. The third-order valence-corrected chi connectivity index (χ3v) is 7.27. The highest BCUT2D eigenvalue weighted by Crippen LogP contribution is 2.47. The number of carbonyl (C=O) groups excluding carboxylic acids is 2. The van der Waals surface area contributed by atoms with Crippen LogP contribution in [0.15, 0.2) is 95.3 Å². The second-order valence-electron chi connectivity index (χ2n) is 9.36. The first-order valence-electron chi connectivity index (χ1n) is 12.0. The minimum atomic E-state index is -0.948. The lowest BCUT2D eigenvalue weighted by atomic mass is 9.71. The number of halogens is 2. The van der Waals surface area contributed by atoms with Gasteiger partial charge in [0.2, 0.25) is 0 Å². The molecular weight excluding hydrogens is 509 g/mol. The maximum Gasteiger partial charge on any atom is 0.269 e. The summed E-state index contributed by atoms with van der Waals surface area (Å²) in [5, 5.41) is 17.7. The van der Waals surface area contributed by atoms with Crippen molar-refractivity contribution < 1.29 is 18.9 Å². The van der Waals surface area contributed by atoms with Crippen molar-refractivity contribution in [2.45, 2.75) is 31.6 Å². The van der Waals surface area contributed by atoms with Crippen LogP contribution in [0.3, 0.4) is 0 Å². The maximum absolute atomic E-state index is 13.8. The molecule has 0 saturated heterocycles. The van der Waals surface area contributed by atoms with Crippen LogP contribution in [0.4, 0.5) is 15.8 Å². The first kappa shape index (κ1) is 25.4. The Morgan fingerprint density at radius 1 is 1.08 bits per heavy atom. The standard InChI is InChI=1S/C29H23ClFN3O4/c1-16-26(29(36)33-20-9-5-8-19(31)14-20)27(22-15-21(34(37)38)10-11-23(22)30)28-24(32-16)12-18(13-25(28)35)17-6-3-2-4-7-17/h2-11,14-15,18,27,32H,12-13H2,1H3,(H,33,36). The van der Waals surface area contributed by atoms with Gasteiger partial charge < -0.3 is 10.6 Å². The maximum atomic E-state index is 13.8. The van der Waals surface area contributed by atoms with Crippen molar-refractivity contribution >= 4 is 34.7 Å². The third-order valence-electron chi connectivity index (χ3n) is 6.93. The van der Waals surface area contributed by atoms with Crippen molar-refractivity contribution in [3.05, 3.63) is 127 Å². The van der Waals surface area contributed by atoms with Gasteiger partial charge in [-0.2, -0.15) is 0 Å². The first-order valence-corrected chi connectivity index (χ1v) is 12.4. The summed E-state index contributed by atoms with van der Waals surface area (Å²) in [7, 11) is 0.